The van der Waals surface area contributed by atoms with Gasteiger partial charge in [-0.1, -0.05) is 61.4 Å². The molecule has 328 valence electrons. The summed E-state index contributed by atoms with van der Waals surface area (Å²) >= 11 is 7.77. The molecule has 1 unspecified atom stereocenters. The number of piperazine rings is 1. The average Bonchev–Trinajstić information content (AvgIpc) is 3.28. The van der Waals surface area contributed by atoms with Crippen LogP contribution in [0, 0.1) is 15.5 Å². The van der Waals surface area contributed by atoms with Crippen LogP contribution in [0.5, 0.6) is 0 Å². The predicted octanol–water partition coefficient (Wildman–Crippen LogP) is 8.22. The number of hydrogen-bond donors (Lipinski definition) is 2. The lowest BCUT2D eigenvalue weighted by atomic mass is 9.72. The highest BCUT2D eigenvalue weighted by molar-refractivity contribution is 7.99. The van der Waals surface area contributed by atoms with Gasteiger partial charge in [0, 0.05) is 78.3 Å². The number of allylic oxidation sites excluding steroid dienone is 1. The van der Waals surface area contributed by atoms with Gasteiger partial charge in [-0.3, -0.25) is 19.8 Å². The van der Waals surface area contributed by atoms with Gasteiger partial charge in [0.2, 0.25) is 0 Å². The first-order valence-corrected chi connectivity index (χ1v) is 23.7. The number of amides is 1. The number of hydrogen-bond acceptors (Lipinski definition) is 12. The van der Waals surface area contributed by atoms with E-state index in [9.17, 15) is 28.1 Å². The minimum absolute atomic E-state index is 0.00570. The highest BCUT2D eigenvalue weighted by Gasteiger charge is 2.33. The third-order valence-electron chi connectivity index (χ3n) is 11.8. The van der Waals surface area contributed by atoms with Gasteiger partial charge >= 0.3 is 5.97 Å². The fourth-order valence-electron chi connectivity index (χ4n) is 8.15. The molecule has 0 saturated carbocycles. The van der Waals surface area contributed by atoms with Gasteiger partial charge in [0.05, 0.1) is 15.4 Å². The third-order valence-corrected chi connectivity index (χ3v) is 14.6. The Morgan fingerprint density at radius 3 is 2.39 bits per heavy atom. The minimum Gasteiger partial charge on any atom is -0.461 e. The molecule has 16 heteroatoms. The molecule has 0 bridgehead atoms. The van der Waals surface area contributed by atoms with Crippen molar-refractivity contribution in [1.82, 2.24) is 14.5 Å². The molecule has 0 radical (unpaired) electrons. The van der Waals surface area contributed by atoms with Gasteiger partial charge in [-0.2, -0.15) is 0 Å². The summed E-state index contributed by atoms with van der Waals surface area (Å²) in [5.41, 5.74) is 4.30. The number of nitro benzene ring substituents is 1. The lowest BCUT2D eigenvalue weighted by Crippen LogP contribution is -2.47. The number of carbonyl (C=O) groups is 2. The number of cyclic esters (lactones) is 1. The van der Waals surface area contributed by atoms with Crippen molar-refractivity contribution in [3.05, 3.63) is 128 Å². The Kier molecular flexibility index (Phi) is 14.3. The number of fused-ring (bicyclic) bond motifs is 1. The zero-order chi connectivity index (χ0) is 44.0. The Bertz CT molecular complexity index is 2410. The minimum atomic E-state index is -4.69. The van der Waals surface area contributed by atoms with Gasteiger partial charge in [0.15, 0.2) is 0 Å². The summed E-state index contributed by atoms with van der Waals surface area (Å²) in [5.74, 6) is -1.32. The molecule has 3 aliphatic rings. The van der Waals surface area contributed by atoms with E-state index >= 15 is 0 Å². The zero-order valence-electron chi connectivity index (χ0n) is 35.3. The second kappa shape index (κ2) is 19.6. The van der Waals surface area contributed by atoms with E-state index in [-0.39, 0.29) is 34.9 Å². The lowest BCUT2D eigenvalue weighted by molar-refractivity contribution is -0.384. The molecule has 13 nitrogen and oxygen atoms in total. The summed E-state index contributed by atoms with van der Waals surface area (Å²) in [4.78, 5) is 45.8. The van der Waals surface area contributed by atoms with E-state index in [0.717, 1.165) is 79.7 Å². The molecule has 2 aliphatic heterocycles. The van der Waals surface area contributed by atoms with Crippen molar-refractivity contribution in [3.8, 4) is 0 Å². The Balaban J connectivity index is 1.03. The maximum absolute atomic E-state index is 13.8. The van der Waals surface area contributed by atoms with Crippen LogP contribution in [0.15, 0.2) is 106 Å². The third kappa shape index (κ3) is 11.4. The number of nitro groups is 1. The van der Waals surface area contributed by atoms with Crippen molar-refractivity contribution in [2.75, 3.05) is 75.4 Å². The van der Waals surface area contributed by atoms with Gasteiger partial charge in [-0.25, -0.2) is 17.9 Å². The van der Waals surface area contributed by atoms with Crippen molar-refractivity contribution in [3.63, 3.8) is 0 Å². The smallest absolute Gasteiger partial charge is 0.340 e. The number of esters is 1. The van der Waals surface area contributed by atoms with E-state index < -0.39 is 37.4 Å². The Morgan fingerprint density at radius 1 is 0.984 bits per heavy atom. The van der Waals surface area contributed by atoms with Gasteiger partial charge in [0.1, 0.15) is 12.3 Å². The molecule has 4 aromatic rings. The molecule has 1 fully saturated rings. The van der Waals surface area contributed by atoms with E-state index in [2.05, 4.69) is 45.8 Å². The first-order chi connectivity index (χ1) is 29.6. The van der Waals surface area contributed by atoms with Gasteiger partial charge in [-0.15, -0.1) is 11.8 Å². The number of nitrogens with one attached hydrogen (secondary N) is 2. The van der Waals surface area contributed by atoms with Crippen LogP contribution in [-0.4, -0.2) is 106 Å². The number of sulfonamides is 1. The zero-order valence-corrected chi connectivity index (χ0v) is 37.7. The first-order valence-electron chi connectivity index (χ1n) is 20.9. The monoisotopic (exact) mass is 900 g/mol. The Labute approximate surface area is 373 Å². The van der Waals surface area contributed by atoms with Gasteiger partial charge in [0.25, 0.3) is 21.6 Å². The molecule has 1 amide bonds. The van der Waals surface area contributed by atoms with Crippen molar-refractivity contribution < 1.29 is 27.7 Å². The quantitative estimate of drug-likeness (QED) is 0.0645. The van der Waals surface area contributed by atoms with E-state index in [1.54, 1.807) is 36.0 Å². The van der Waals surface area contributed by atoms with Crippen LogP contribution in [-0.2, 0) is 14.8 Å². The molecule has 7 rings (SSSR count). The van der Waals surface area contributed by atoms with E-state index in [1.807, 2.05) is 54.4 Å². The Morgan fingerprint density at radius 2 is 1.69 bits per heavy atom. The SMILES string of the molecule is CN1CCOC(=O)c2cc(S(=O)(=O)NC(=O)c3ccc(N4CCN(CC5=C(c6ccc(Cl)cc6)CC(C)(C)CC5)CC4)cc3)cc([N+](=O)[O-])c2NC(CSc2ccccc2)CC1. The van der Waals surface area contributed by atoms with Crippen molar-refractivity contribution >= 4 is 67.9 Å². The summed E-state index contributed by atoms with van der Waals surface area (Å²) in [6.07, 6.45) is 3.81. The fraction of sp³-hybridized carbons (Fsp3) is 0.391. The van der Waals surface area contributed by atoms with Crippen molar-refractivity contribution in [1.29, 1.82) is 0 Å². The average molecular weight is 902 g/mol. The number of carbonyl (C=O) groups excluding carboxylic acids is 2. The van der Waals surface area contributed by atoms with Crippen LogP contribution >= 0.6 is 23.4 Å². The van der Waals surface area contributed by atoms with E-state index in [4.69, 9.17) is 16.3 Å². The molecule has 62 heavy (non-hydrogen) atoms. The molecule has 1 saturated heterocycles. The number of rotatable bonds is 11. The number of anilines is 2. The maximum Gasteiger partial charge on any atom is 0.340 e. The summed E-state index contributed by atoms with van der Waals surface area (Å²) < 4.78 is 35.0. The fourth-order valence-corrected chi connectivity index (χ4v) is 10.3. The lowest BCUT2D eigenvalue weighted by Gasteiger charge is -2.39. The standard InChI is InChI=1S/C46H53ClN6O7S2/c1-46(2)19-17-34(41(29-46)32-9-13-35(47)14-10-32)30-51-21-23-52(24-22-51)37-15-11-33(12-16-37)44(54)49-62(58,59)39-27-40-43(42(28-39)53(56)57)48-36(31-61-38-7-5-4-6-8-38)18-20-50(3)25-26-60-45(40)55/h4-16,27-28,36,48H,17-26,29-31H2,1-3H3,(H,49,54). The number of likely N-dealkylation sites (N-methyl/N-ethyl adjacent to an activating group) is 1. The van der Waals surface area contributed by atoms with Crippen LogP contribution in [0.4, 0.5) is 17.1 Å². The molecule has 4 aromatic carbocycles. The van der Waals surface area contributed by atoms with Gasteiger partial charge < -0.3 is 19.9 Å². The topological polar surface area (TPSA) is 154 Å². The Hall–Kier alpha value is -4.93. The molecular weight excluding hydrogens is 848 g/mol. The predicted molar refractivity (Wildman–Crippen MR) is 246 cm³/mol. The number of nitrogens with zero attached hydrogens (tertiary/aromatic N) is 4. The van der Waals surface area contributed by atoms with Gasteiger partial charge in [-0.05, 0) is 110 Å². The maximum atomic E-state index is 13.8. The molecule has 0 spiro atoms. The normalized spacial score (nSPS) is 19.1. The first kappa shape index (κ1) is 45.1. The summed E-state index contributed by atoms with van der Waals surface area (Å²) in [5, 5.41) is 16.5. The summed E-state index contributed by atoms with van der Waals surface area (Å²) in [6.45, 7) is 9.89. The van der Waals surface area contributed by atoms with Crippen LogP contribution in [0.3, 0.4) is 0 Å². The molecule has 2 heterocycles. The molecule has 2 N–H and O–H groups in total. The molecule has 0 aromatic heterocycles. The van der Waals surface area contributed by atoms with Crippen LogP contribution in [0.25, 0.3) is 5.57 Å². The van der Waals surface area contributed by atoms with Crippen molar-refractivity contribution in [2.45, 2.75) is 55.4 Å². The summed E-state index contributed by atoms with van der Waals surface area (Å²) in [7, 11) is -2.80. The van der Waals surface area contributed by atoms with E-state index in [0.29, 0.717) is 25.3 Å². The molecular formula is C46H53ClN6O7S2. The highest BCUT2D eigenvalue weighted by atomic mass is 35.5. The summed E-state index contributed by atoms with van der Waals surface area (Å²) in [6, 6.07) is 26.1. The number of halogens is 1. The largest absolute Gasteiger partial charge is 0.461 e. The van der Waals surface area contributed by atoms with Crippen LogP contribution in [0.1, 0.15) is 65.8 Å². The number of ether oxygens (including phenoxy) is 1. The van der Waals surface area contributed by atoms with Crippen LogP contribution in [0.2, 0.25) is 5.02 Å². The second-order valence-electron chi connectivity index (χ2n) is 17.0. The van der Waals surface area contributed by atoms with Crippen molar-refractivity contribution in [2.24, 2.45) is 5.41 Å². The number of benzene rings is 4. The second-order valence-corrected chi connectivity index (χ2v) is 20.2. The highest BCUT2D eigenvalue weighted by Crippen LogP contribution is 2.43. The molecule has 1 aliphatic carbocycles. The van der Waals surface area contributed by atoms with Crippen LogP contribution < -0.4 is 14.9 Å². The van der Waals surface area contributed by atoms with E-state index in [1.165, 1.54) is 16.7 Å². The molecule has 1 atom stereocenters. The number of thioether (sulfide) groups is 1.